The highest BCUT2D eigenvalue weighted by atomic mass is 19.1. The Morgan fingerprint density at radius 3 is 2.41 bits per heavy atom. The lowest BCUT2D eigenvalue weighted by Gasteiger charge is -2.09. The molecule has 0 bridgehead atoms. The second-order valence-electron chi connectivity index (χ2n) is 5.79. The third kappa shape index (κ3) is 4.08. The smallest absolute Gasteiger partial charge is 0.275 e. The van der Waals surface area contributed by atoms with Crippen molar-refractivity contribution < 1.29 is 23.4 Å². The van der Waals surface area contributed by atoms with Crippen LogP contribution in [0, 0.1) is 5.82 Å². The minimum Gasteiger partial charge on any atom is -0.496 e. The Bertz CT molecular complexity index is 938. The molecule has 0 unspecified atom stereocenters. The number of benzene rings is 2. The monoisotopic (exact) mass is 370 g/mol. The predicted octanol–water partition coefficient (Wildman–Crippen LogP) is 2.96. The number of ether oxygens (including phenoxy) is 3. The summed E-state index contributed by atoms with van der Waals surface area (Å²) in [6, 6.07) is 9.57. The number of halogens is 1. The third-order valence-electron chi connectivity index (χ3n) is 4.05. The Balaban J connectivity index is 1.86. The van der Waals surface area contributed by atoms with Crippen molar-refractivity contribution in [3.63, 3.8) is 0 Å². The van der Waals surface area contributed by atoms with E-state index in [1.54, 1.807) is 20.3 Å². The molecule has 0 spiro atoms. The average Bonchev–Trinajstić information content (AvgIpc) is 3.00. The van der Waals surface area contributed by atoms with Gasteiger partial charge in [-0.1, -0.05) is 6.07 Å². The molecular weight excluding hydrogens is 351 g/mol. The Morgan fingerprint density at radius 2 is 1.70 bits per heavy atom. The Hall–Kier alpha value is -3.35. The van der Waals surface area contributed by atoms with Crippen molar-refractivity contribution in [1.82, 2.24) is 5.32 Å². The van der Waals surface area contributed by atoms with Crippen molar-refractivity contribution in [2.75, 3.05) is 21.3 Å². The maximum Gasteiger partial charge on any atom is 0.275 e. The zero-order chi connectivity index (χ0) is 19.4. The number of hydrogen-bond acceptors (Lipinski definition) is 5. The highest BCUT2D eigenvalue weighted by molar-refractivity contribution is 6.14. The summed E-state index contributed by atoms with van der Waals surface area (Å²) in [6.07, 6.45) is 1.91. The lowest BCUT2D eigenvalue weighted by molar-refractivity contribution is -0.115. The van der Waals surface area contributed by atoms with Crippen LogP contribution in [0.5, 0.6) is 17.2 Å². The van der Waals surface area contributed by atoms with Gasteiger partial charge in [0, 0.05) is 12.0 Å². The van der Waals surface area contributed by atoms with Gasteiger partial charge in [0.25, 0.3) is 5.91 Å². The van der Waals surface area contributed by atoms with Gasteiger partial charge in [-0.3, -0.25) is 4.79 Å². The summed E-state index contributed by atoms with van der Waals surface area (Å²) in [5.74, 6) is 1.40. The van der Waals surface area contributed by atoms with E-state index >= 15 is 0 Å². The van der Waals surface area contributed by atoms with Gasteiger partial charge in [-0.15, -0.1) is 0 Å². The van der Waals surface area contributed by atoms with Gasteiger partial charge in [0.2, 0.25) is 0 Å². The van der Waals surface area contributed by atoms with Gasteiger partial charge in [-0.2, -0.15) is 0 Å². The lowest BCUT2D eigenvalue weighted by atomic mass is 10.1. The van der Waals surface area contributed by atoms with Crippen LogP contribution in [0.4, 0.5) is 4.39 Å². The predicted molar refractivity (Wildman–Crippen MR) is 99.8 cm³/mol. The molecule has 1 heterocycles. The second kappa shape index (κ2) is 7.90. The molecule has 7 heteroatoms. The number of carbonyl (C=O) groups excluding carboxylic acids is 1. The minimum absolute atomic E-state index is 0.189. The molecule has 1 aliphatic heterocycles. The molecule has 2 aromatic rings. The Morgan fingerprint density at radius 1 is 1.00 bits per heavy atom. The topological polar surface area (TPSA) is 69.2 Å². The Labute approximate surface area is 156 Å². The quantitative estimate of drug-likeness (QED) is 0.794. The van der Waals surface area contributed by atoms with Gasteiger partial charge in [-0.25, -0.2) is 9.38 Å². The number of carbonyl (C=O) groups is 1. The molecular formula is C20H19FN2O4. The summed E-state index contributed by atoms with van der Waals surface area (Å²) in [5.41, 5.74) is 1.53. The molecule has 0 aromatic heterocycles. The number of nitrogens with one attached hydrogen (secondary N) is 1. The molecule has 3 rings (SSSR count). The van der Waals surface area contributed by atoms with Crippen molar-refractivity contribution in [3.05, 3.63) is 59.0 Å². The van der Waals surface area contributed by atoms with E-state index in [1.807, 2.05) is 12.1 Å². The highest BCUT2D eigenvalue weighted by Gasteiger charge is 2.21. The SMILES string of the molecule is COc1ccc(F)cc1/C=C1/N=C(Cc2ccc(OC)c(OC)c2)NC1=O. The molecule has 0 radical (unpaired) electrons. The number of rotatable bonds is 6. The number of hydrogen-bond donors (Lipinski definition) is 1. The van der Waals surface area contributed by atoms with E-state index in [9.17, 15) is 9.18 Å². The summed E-state index contributed by atoms with van der Waals surface area (Å²) in [5, 5.41) is 2.73. The van der Waals surface area contributed by atoms with Crippen molar-refractivity contribution in [2.24, 2.45) is 4.99 Å². The van der Waals surface area contributed by atoms with Crippen LogP contribution >= 0.6 is 0 Å². The maximum absolute atomic E-state index is 13.5. The van der Waals surface area contributed by atoms with Crippen molar-refractivity contribution in [2.45, 2.75) is 6.42 Å². The number of amides is 1. The van der Waals surface area contributed by atoms with Crippen LogP contribution in [0.25, 0.3) is 6.08 Å². The number of amidine groups is 1. The van der Waals surface area contributed by atoms with Gasteiger partial charge in [0.1, 0.15) is 23.1 Å². The van der Waals surface area contributed by atoms with Gasteiger partial charge >= 0.3 is 0 Å². The first-order valence-electron chi connectivity index (χ1n) is 8.19. The second-order valence-corrected chi connectivity index (χ2v) is 5.79. The fraction of sp³-hybridized carbons (Fsp3) is 0.200. The lowest BCUT2D eigenvalue weighted by Crippen LogP contribution is -2.25. The first kappa shape index (κ1) is 18.4. The summed E-state index contributed by atoms with van der Waals surface area (Å²) in [4.78, 5) is 16.5. The minimum atomic E-state index is -0.421. The molecule has 140 valence electrons. The zero-order valence-corrected chi connectivity index (χ0v) is 15.2. The number of methoxy groups -OCH3 is 3. The largest absolute Gasteiger partial charge is 0.496 e. The molecule has 0 fully saturated rings. The van der Waals surface area contributed by atoms with Crippen molar-refractivity contribution in [1.29, 1.82) is 0 Å². The summed E-state index contributed by atoms with van der Waals surface area (Å²) >= 11 is 0. The van der Waals surface area contributed by atoms with Gasteiger partial charge in [0.15, 0.2) is 11.5 Å². The van der Waals surface area contributed by atoms with E-state index in [0.29, 0.717) is 35.1 Å². The maximum atomic E-state index is 13.5. The Kier molecular flexibility index (Phi) is 5.40. The number of aliphatic imine (C=N–C) groups is 1. The van der Waals surface area contributed by atoms with Crippen LogP contribution in [-0.2, 0) is 11.2 Å². The highest BCUT2D eigenvalue weighted by Crippen LogP contribution is 2.28. The van der Waals surface area contributed by atoms with Crippen LogP contribution in [0.15, 0.2) is 47.1 Å². The van der Waals surface area contributed by atoms with Crippen LogP contribution in [0.3, 0.4) is 0 Å². The molecule has 1 N–H and O–H groups in total. The number of nitrogens with zero attached hydrogens (tertiary/aromatic N) is 1. The standard InChI is InChI=1S/C20H19FN2O4/c1-25-16-7-5-14(21)10-13(16)11-15-20(24)23-19(22-15)9-12-4-6-17(26-2)18(8-12)27-3/h4-8,10-11H,9H2,1-3H3,(H,22,23,24)/b15-11+. The first-order chi connectivity index (χ1) is 13.0. The molecule has 0 aliphatic carbocycles. The molecule has 2 aromatic carbocycles. The van der Waals surface area contributed by atoms with Crippen LogP contribution in [0.1, 0.15) is 11.1 Å². The van der Waals surface area contributed by atoms with E-state index in [4.69, 9.17) is 14.2 Å². The van der Waals surface area contributed by atoms with E-state index in [2.05, 4.69) is 10.3 Å². The van der Waals surface area contributed by atoms with E-state index in [0.717, 1.165) is 5.56 Å². The van der Waals surface area contributed by atoms with Crippen LogP contribution < -0.4 is 19.5 Å². The third-order valence-corrected chi connectivity index (χ3v) is 4.05. The van der Waals surface area contributed by atoms with Gasteiger partial charge in [0.05, 0.1) is 21.3 Å². The van der Waals surface area contributed by atoms with Crippen LogP contribution in [-0.4, -0.2) is 33.1 Å². The average molecular weight is 370 g/mol. The van der Waals surface area contributed by atoms with E-state index in [-0.39, 0.29) is 11.6 Å². The molecule has 0 atom stereocenters. The normalized spacial score (nSPS) is 14.7. The molecule has 1 amide bonds. The van der Waals surface area contributed by atoms with Gasteiger partial charge < -0.3 is 19.5 Å². The molecule has 0 saturated carbocycles. The summed E-state index contributed by atoms with van der Waals surface area (Å²) < 4.78 is 29.2. The first-order valence-corrected chi connectivity index (χ1v) is 8.19. The molecule has 6 nitrogen and oxygen atoms in total. The summed E-state index contributed by atoms with van der Waals surface area (Å²) in [6.45, 7) is 0. The fourth-order valence-corrected chi connectivity index (χ4v) is 2.75. The van der Waals surface area contributed by atoms with Gasteiger partial charge in [-0.05, 0) is 42.0 Å². The molecule has 1 aliphatic rings. The van der Waals surface area contributed by atoms with E-state index < -0.39 is 5.82 Å². The van der Waals surface area contributed by atoms with Crippen molar-refractivity contribution in [3.8, 4) is 17.2 Å². The van der Waals surface area contributed by atoms with E-state index in [1.165, 1.54) is 31.4 Å². The molecule has 27 heavy (non-hydrogen) atoms. The van der Waals surface area contributed by atoms with Crippen LogP contribution in [0.2, 0.25) is 0 Å². The fourth-order valence-electron chi connectivity index (χ4n) is 2.75. The van der Waals surface area contributed by atoms with Crippen molar-refractivity contribution >= 4 is 17.8 Å². The zero-order valence-electron chi connectivity index (χ0n) is 15.2. The summed E-state index contributed by atoms with van der Waals surface area (Å²) in [7, 11) is 4.61. The molecule has 0 saturated heterocycles.